The first-order chi connectivity index (χ1) is 12.3. The van der Waals surface area contributed by atoms with Crippen LogP contribution in [-0.4, -0.2) is 38.6 Å². The van der Waals surface area contributed by atoms with Crippen LogP contribution < -0.4 is 15.4 Å². The molecule has 0 aliphatic rings. The van der Waals surface area contributed by atoms with Gasteiger partial charge in [0, 0.05) is 30.4 Å². The zero-order valence-electron chi connectivity index (χ0n) is 13.9. The molecule has 1 amide bonds. The molecule has 0 radical (unpaired) electrons. The highest BCUT2D eigenvalue weighted by Crippen LogP contribution is 2.22. The number of amides is 1. The van der Waals surface area contributed by atoms with Crippen molar-refractivity contribution in [2.75, 3.05) is 29.4 Å². The van der Waals surface area contributed by atoms with Gasteiger partial charge >= 0.3 is 0 Å². The number of hydrogen-bond donors (Lipinski definition) is 3. The van der Waals surface area contributed by atoms with Crippen LogP contribution in [0.2, 0.25) is 0 Å². The third kappa shape index (κ3) is 5.74. The fraction of sp³-hybridized carbons (Fsp3) is 0.188. The maximum atomic E-state index is 12.1. The summed E-state index contributed by atoms with van der Waals surface area (Å²) < 4.78 is 24.8. The van der Waals surface area contributed by atoms with Crippen LogP contribution in [0.4, 0.5) is 17.1 Å². The Balaban J connectivity index is 1.90. The van der Waals surface area contributed by atoms with Crippen molar-refractivity contribution in [2.24, 2.45) is 0 Å². The summed E-state index contributed by atoms with van der Waals surface area (Å²) in [4.78, 5) is 22.6. The van der Waals surface area contributed by atoms with Gasteiger partial charge in [0.15, 0.2) is 0 Å². The van der Waals surface area contributed by atoms with E-state index in [9.17, 15) is 23.3 Å². The second-order valence-corrected chi connectivity index (χ2v) is 7.16. The van der Waals surface area contributed by atoms with Crippen LogP contribution >= 0.6 is 0 Å². The van der Waals surface area contributed by atoms with Gasteiger partial charge in [0.2, 0.25) is 10.0 Å². The van der Waals surface area contributed by atoms with Crippen LogP contribution in [0.15, 0.2) is 48.5 Å². The van der Waals surface area contributed by atoms with E-state index in [0.29, 0.717) is 11.3 Å². The zero-order valence-corrected chi connectivity index (χ0v) is 14.7. The van der Waals surface area contributed by atoms with Gasteiger partial charge in [-0.05, 0) is 24.3 Å². The maximum Gasteiger partial charge on any atom is 0.292 e. The average Bonchev–Trinajstić information content (AvgIpc) is 2.57. The van der Waals surface area contributed by atoms with E-state index in [-0.39, 0.29) is 30.4 Å². The van der Waals surface area contributed by atoms with Gasteiger partial charge in [-0.3, -0.25) is 19.6 Å². The molecule has 138 valence electrons. The molecule has 0 atom stereocenters. The number of para-hydroxylation sites is 2. The summed E-state index contributed by atoms with van der Waals surface area (Å²) in [7, 11) is -3.43. The summed E-state index contributed by atoms with van der Waals surface area (Å²) in [5.41, 5.74) is 0.909. The van der Waals surface area contributed by atoms with E-state index in [1.54, 1.807) is 30.3 Å². The van der Waals surface area contributed by atoms with Crippen molar-refractivity contribution in [3.8, 4) is 0 Å². The minimum absolute atomic E-state index is 0.0432. The Kier molecular flexibility index (Phi) is 6.12. The molecule has 0 spiro atoms. The molecule has 0 aromatic heterocycles. The number of carbonyl (C=O) groups excluding carboxylic acids is 1. The summed E-state index contributed by atoms with van der Waals surface area (Å²) in [6.45, 7) is 0.520. The minimum atomic E-state index is -3.43. The molecular weight excluding hydrogens is 360 g/mol. The molecule has 2 aromatic carbocycles. The number of benzene rings is 2. The lowest BCUT2D eigenvalue weighted by atomic mass is 10.2. The molecule has 0 saturated heterocycles. The molecule has 0 heterocycles. The number of sulfonamides is 1. The average molecular weight is 378 g/mol. The van der Waals surface area contributed by atoms with Crippen molar-refractivity contribution in [3.63, 3.8) is 0 Å². The molecule has 3 N–H and O–H groups in total. The van der Waals surface area contributed by atoms with Crippen LogP contribution in [0.3, 0.4) is 0 Å². The van der Waals surface area contributed by atoms with Crippen LogP contribution in [0.25, 0.3) is 0 Å². The fourth-order valence-corrected chi connectivity index (χ4v) is 2.75. The minimum Gasteiger partial charge on any atom is -0.378 e. The predicted molar refractivity (Wildman–Crippen MR) is 98.8 cm³/mol. The monoisotopic (exact) mass is 378 g/mol. The smallest absolute Gasteiger partial charge is 0.292 e. The summed E-state index contributed by atoms with van der Waals surface area (Å²) in [5, 5.41) is 16.5. The van der Waals surface area contributed by atoms with Crippen LogP contribution in [-0.2, 0) is 10.0 Å². The van der Waals surface area contributed by atoms with E-state index in [4.69, 9.17) is 0 Å². The van der Waals surface area contributed by atoms with Gasteiger partial charge < -0.3 is 10.6 Å². The van der Waals surface area contributed by atoms with Gasteiger partial charge in [-0.1, -0.05) is 18.2 Å². The van der Waals surface area contributed by atoms with Gasteiger partial charge in [-0.2, -0.15) is 0 Å². The Morgan fingerprint density at radius 1 is 1.12 bits per heavy atom. The number of nitrogens with one attached hydrogen (secondary N) is 3. The van der Waals surface area contributed by atoms with Crippen LogP contribution in [0.5, 0.6) is 0 Å². The highest BCUT2D eigenvalue weighted by molar-refractivity contribution is 7.92. The molecule has 0 fully saturated rings. The number of nitrogens with zero attached hydrogens (tertiary/aromatic N) is 1. The second-order valence-electron chi connectivity index (χ2n) is 5.41. The maximum absolute atomic E-state index is 12.1. The summed E-state index contributed by atoms with van der Waals surface area (Å²) >= 11 is 0. The fourth-order valence-electron chi connectivity index (χ4n) is 2.20. The first kappa shape index (κ1) is 19.2. The quantitative estimate of drug-likeness (QED) is 0.365. The van der Waals surface area contributed by atoms with E-state index in [1.807, 2.05) is 0 Å². The normalized spacial score (nSPS) is 10.8. The van der Waals surface area contributed by atoms with Gasteiger partial charge in [0.1, 0.15) is 5.69 Å². The Labute approximate surface area is 150 Å². The van der Waals surface area contributed by atoms with Crippen molar-refractivity contribution >= 4 is 33.0 Å². The van der Waals surface area contributed by atoms with Gasteiger partial charge in [0.05, 0.1) is 11.2 Å². The predicted octanol–water partition coefficient (Wildman–Crippen LogP) is 1.81. The molecule has 26 heavy (non-hydrogen) atoms. The SMILES string of the molecule is CS(=O)(=O)Nc1cccc(C(=O)NCCNc2ccccc2[N+](=O)[O-])c1. The number of rotatable bonds is 8. The molecule has 0 aliphatic carbocycles. The Bertz CT molecular complexity index is 914. The number of anilines is 2. The van der Waals surface area contributed by atoms with Crippen LogP contribution in [0, 0.1) is 10.1 Å². The lowest BCUT2D eigenvalue weighted by Crippen LogP contribution is -2.28. The van der Waals surface area contributed by atoms with Crippen molar-refractivity contribution in [3.05, 3.63) is 64.2 Å². The van der Waals surface area contributed by atoms with Crippen molar-refractivity contribution < 1.29 is 18.1 Å². The summed E-state index contributed by atoms with van der Waals surface area (Å²) in [5.74, 6) is -0.383. The third-order valence-electron chi connectivity index (χ3n) is 3.25. The number of nitro benzene ring substituents is 1. The van der Waals surface area contributed by atoms with Gasteiger partial charge in [-0.15, -0.1) is 0 Å². The largest absolute Gasteiger partial charge is 0.378 e. The summed E-state index contributed by atoms with van der Waals surface area (Å²) in [6, 6.07) is 12.3. The molecule has 9 nitrogen and oxygen atoms in total. The second kappa shape index (κ2) is 8.30. The first-order valence-electron chi connectivity index (χ1n) is 7.59. The molecule has 2 rings (SSSR count). The number of nitro groups is 1. The molecule has 2 aromatic rings. The Morgan fingerprint density at radius 2 is 1.85 bits per heavy atom. The van der Waals surface area contributed by atoms with Crippen LogP contribution in [0.1, 0.15) is 10.4 Å². The standard InChI is InChI=1S/C16H18N4O5S/c1-26(24,25)19-13-6-4-5-12(11-13)16(21)18-10-9-17-14-7-2-3-8-15(14)20(22)23/h2-8,11,17,19H,9-10H2,1H3,(H,18,21). The molecule has 0 aliphatic heterocycles. The topological polar surface area (TPSA) is 130 Å². The van der Waals surface area contributed by atoms with E-state index >= 15 is 0 Å². The van der Waals surface area contributed by atoms with E-state index < -0.39 is 14.9 Å². The highest BCUT2D eigenvalue weighted by atomic mass is 32.2. The van der Waals surface area contributed by atoms with Gasteiger partial charge in [0.25, 0.3) is 11.6 Å². The lowest BCUT2D eigenvalue weighted by molar-refractivity contribution is -0.384. The Morgan fingerprint density at radius 3 is 2.54 bits per heavy atom. The third-order valence-corrected chi connectivity index (χ3v) is 3.86. The zero-order chi connectivity index (χ0) is 19.2. The molecule has 10 heteroatoms. The Hall–Kier alpha value is -3.14. The molecule has 0 saturated carbocycles. The molecular formula is C16H18N4O5S. The van der Waals surface area contributed by atoms with E-state index in [0.717, 1.165) is 6.26 Å². The lowest BCUT2D eigenvalue weighted by Gasteiger charge is -2.09. The van der Waals surface area contributed by atoms with E-state index in [2.05, 4.69) is 15.4 Å². The number of hydrogen-bond acceptors (Lipinski definition) is 6. The van der Waals surface area contributed by atoms with Gasteiger partial charge in [-0.25, -0.2) is 8.42 Å². The first-order valence-corrected chi connectivity index (χ1v) is 9.49. The van der Waals surface area contributed by atoms with Crippen molar-refractivity contribution in [1.82, 2.24) is 5.32 Å². The summed E-state index contributed by atoms with van der Waals surface area (Å²) in [6.07, 6.45) is 1.02. The van der Waals surface area contributed by atoms with Crippen molar-refractivity contribution in [2.45, 2.75) is 0 Å². The van der Waals surface area contributed by atoms with E-state index in [1.165, 1.54) is 18.2 Å². The van der Waals surface area contributed by atoms with Crippen molar-refractivity contribution in [1.29, 1.82) is 0 Å². The molecule has 0 bridgehead atoms. The highest BCUT2D eigenvalue weighted by Gasteiger charge is 2.12. The molecule has 0 unspecified atom stereocenters. The number of carbonyl (C=O) groups is 1.